The van der Waals surface area contributed by atoms with Gasteiger partial charge in [-0.25, -0.2) is 0 Å². The summed E-state index contributed by atoms with van der Waals surface area (Å²) in [4.78, 5) is 15.4. The van der Waals surface area contributed by atoms with E-state index in [4.69, 9.17) is 4.74 Å². The van der Waals surface area contributed by atoms with E-state index in [9.17, 15) is 18.0 Å². The topological polar surface area (TPSA) is 53.6 Å². The number of anilines is 2. The second kappa shape index (κ2) is 9.92. The van der Waals surface area contributed by atoms with Gasteiger partial charge in [0.2, 0.25) is 0 Å². The van der Waals surface area contributed by atoms with Gasteiger partial charge in [-0.15, -0.1) is 0 Å². The molecule has 1 atom stereocenters. The highest BCUT2D eigenvalue weighted by atomic mass is 19.4. The first-order valence-corrected chi connectivity index (χ1v) is 11.0. The zero-order chi connectivity index (χ0) is 22.6. The van der Waals surface area contributed by atoms with Crippen LogP contribution in [-0.4, -0.2) is 49.7 Å². The lowest BCUT2D eigenvalue weighted by Crippen LogP contribution is -2.46. The summed E-state index contributed by atoms with van der Waals surface area (Å²) >= 11 is 0. The number of carbonyl (C=O) groups is 1. The quantitative estimate of drug-likeness (QED) is 0.675. The number of hydrogen-bond donors (Lipinski definition) is 2. The molecule has 0 aliphatic carbocycles. The molecule has 2 heterocycles. The van der Waals surface area contributed by atoms with Crippen LogP contribution in [0.3, 0.4) is 0 Å². The van der Waals surface area contributed by atoms with Crippen LogP contribution in [0.2, 0.25) is 0 Å². The van der Waals surface area contributed by atoms with Gasteiger partial charge in [0.05, 0.1) is 23.4 Å². The molecule has 0 saturated carbocycles. The maximum atomic E-state index is 13.0. The van der Waals surface area contributed by atoms with E-state index < -0.39 is 11.7 Å². The lowest BCUT2D eigenvalue weighted by atomic mass is 10.0. The summed E-state index contributed by atoms with van der Waals surface area (Å²) in [5, 5.41) is 6.07. The summed E-state index contributed by atoms with van der Waals surface area (Å²) in [7, 11) is 0. The van der Waals surface area contributed by atoms with Crippen molar-refractivity contribution in [3.05, 3.63) is 59.7 Å². The molecule has 2 aliphatic rings. The van der Waals surface area contributed by atoms with E-state index in [1.807, 2.05) is 0 Å². The van der Waals surface area contributed by atoms with E-state index in [1.165, 1.54) is 6.07 Å². The molecule has 8 heteroatoms. The normalized spacial score (nSPS) is 20.3. The van der Waals surface area contributed by atoms with Crippen molar-refractivity contribution in [2.24, 2.45) is 5.92 Å². The number of rotatable bonds is 6. The fourth-order valence-electron chi connectivity index (χ4n) is 4.33. The van der Waals surface area contributed by atoms with Crippen LogP contribution < -0.4 is 10.6 Å². The molecule has 172 valence electrons. The lowest BCUT2D eigenvalue weighted by Gasteiger charge is -2.33. The van der Waals surface area contributed by atoms with Gasteiger partial charge in [-0.05, 0) is 55.5 Å². The summed E-state index contributed by atoms with van der Waals surface area (Å²) in [6, 6.07) is 11.9. The van der Waals surface area contributed by atoms with Gasteiger partial charge in [0.1, 0.15) is 0 Å². The third kappa shape index (κ3) is 5.81. The Kier molecular flexibility index (Phi) is 7.01. The number of nitrogens with one attached hydrogen (secondary N) is 2. The molecule has 1 amide bonds. The van der Waals surface area contributed by atoms with Crippen LogP contribution in [-0.2, 0) is 10.9 Å². The number of para-hydroxylation sites is 1. The molecule has 0 aromatic heterocycles. The highest BCUT2D eigenvalue weighted by Gasteiger charge is 2.30. The molecule has 2 aliphatic heterocycles. The first-order valence-electron chi connectivity index (χ1n) is 11.0. The Labute approximate surface area is 185 Å². The molecule has 1 unspecified atom stereocenters. The predicted octanol–water partition coefficient (Wildman–Crippen LogP) is 4.68. The van der Waals surface area contributed by atoms with Crippen molar-refractivity contribution in [1.29, 1.82) is 0 Å². The van der Waals surface area contributed by atoms with Crippen LogP contribution in [0.4, 0.5) is 24.5 Å². The summed E-state index contributed by atoms with van der Waals surface area (Å²) in [6.07, 6.45) is -1.55. The molecule has 2 saturated heterocycles. The number of alkyl halides is 3. The molecule has 0 spiro atoms. The Morgan fingerprint density at radius 2 is 1.84 bits per heavy atom. The van der Waals surface area contributed by atoms with Crippen molar-refractivity contribution in [3.63, 3.8) is 0 Å². The van der Waals surface area contributed by atoms with Gasteiger partial charge >= 0.3 is 6.18 Å². The first-order chi connectivity index (χ1) is 15.4. The number of amides is 1. The molecule has 0 bridgehead atoms. The fourth-order valence-corrected chi connectivity index (χ4v) is 4.33. The third-order valence-corrected chi connectivity index (χ3v) is 6.10. The second-order valence-electron chi connectivity index (χ2n) is 8.53. The summed E-state index contributed by atoms with van der Waals surface area (Å²) in [5.41, 5.74) is 0.433. The smallest absolute Gasteiger partial charge is 0.381 e. The summed E-state index contributed by atoms with van der Waals surface area (Å²) in [5.74, 6) is 0.387. The van der Waals surface area contributed by atoms with Crippen molar-refractivity contribution in [2.45, 2.75) is 31.5 Å². The van der Waals surface area contributed by atoms with Crippen molar-refractivity contribution in [1.82, 2.24) is 10.2 Å². The molecule has 0 radical (unpaired) electrons. The van der Waals surface area contributed by atoms with Gasteiger partial charge in [0.15, 0.2) is 0 Å². The molecule has 2 aromatic carbocycles. The third-order valence-electron chi connectivity index (χ3n) is 6.10. The van der Waals surface area contributed by atoms with Crippen LogP contribution in [0.1, 0.15) is 35.2 Å². The van der Waals surface area contributed by atoms with Gasteiger partial charge in [0, 0.05) is 38.0 Å². The minimum Gasteiger partial charge on any atom is -0.381 e. The average Bonchev–Trinajstić information content (AvgIpc) is 3.28. The van der Waals surface area contributed by atoms with Gasteiger partial charge < -0.3 is 20.3 Å². The number of halogens is 3. The minimum atomic E-state index is -4.42. The Morgan fingerprint density at radius 1 is 1.06 bits per heavy atom. The fraction of sp³-hybridized carbons (Fsp3) is 0.458. The molecule has 2 N–H and O–H groups in total. The Morgan fingerprint density at radius 3 is 2.56 bits per heavy atom. The minimum absolute atomic E-state index is 0.0835. The number of hydrogen-bond acceptors (Lipinski definition) is 4. The van der Waals surface area contributed by atoms with Crippen LogP contribution >= 0.6 is 0 Å². The van der Waals surface area contributed by atoms with Gasteiger partial charge in [-0.2, -0.15) is 13.2 Å². The van der Waals surface area contributed by atoms with Gasteiger partial charge in [0.25, 0.3) is 5.91 Å². The standard InChI is InChI=1S/C24H28F3N3O2/c25-24(26,27)18-4-3-5-20(14-18)28-22-7-2-1-6-21(22)23(31)29-19-8-11-30(12-9-19)15-17-10-13-32-16-17/h1-7,14,17,19,28H,8-13,15-16H2,(H,29,31). The maximum Gasteiger partial charge on any atom is 0.416 e. The van der Waals surface area contributed by atoms with E-state index in [2.05, 4.69) is 15.5 Å². The van der Waals surface area contributed by atoms with Crippen molar-refractivity contribution >= 4 is 17.3 Å². The van der Waals surface area contributed by atoms with Crippen LogP contribution in [0, 0.1) is 5.92 Å². The Bertz CT molecular complexity index is 921. The lowest BCUT2D eigenvalue weighted by molar-refractivity contribution is -0.137. The second-order valence-corrected chi connectivity index (χ2v) is 8.53. The summed E-state index contributed by atoms with van der Waals surface area (Å²) < 4.78 is 44.5. The monoisotopic (exact) mass is 447 g/mol. The molecule has 2 fully saturated rings. The van der Waals surface area contributed by atoms with Crippen molar-refractivity contribution in [2.75, 3.05) is 38.2 Å². The number of likely N-dealkylation sites (tertiary alicyclic amines) is 1. The number of nitrogens with zero attached hydrogens (tertiary/aromatic N) is 1. The van der Waals surface area contributed by atoms with Crippen LogP contribution in [0.15, 0.2) is 48.5 Å². The first kappa shape index (κ1) is 22.6. The van der Waals surface area contributed by atoms with E-state index in [0.29, 0.717) is 17.2 Å². The largest absolute Gasteiger partial charge is 0.416 e. The number of ether oxygens (including phenoxy) is 1. The van der Waals surface area contributed by atoms with Crippen molar-refractivity contribution in [3.8, 4) is 0 Å². The predicted molar refractivity (Wildman–Crippen MR) is 117 cm³/mol. The Balaban J connectivity index is 1.36. The van der Waals surface area contributed by atoms with Gasteiger partial charge in [-0.3, -0.25) is 4.79 Å². The molecule has 2 aromatic rings. The van der Waals surface area contributed by atoms with E-state index in [-0.39, 0.29) is 17.6 Å². The number of carbonyl (C=O) groups excluding carboxylic acids is 1. The SMILES string of the molecule is O=C(NC1CCN(CC2CCOC2)CC1)c1ccccc1Nc1cccc(C(F)(F)F)c1. The van der Waals surface area contributed by atoms with Crippen LogP contribution in [0.5, 0.6) is 0 Å². The van der Waals surface area contributed by atoms with Crippen molar-refractivity contribution < 1.29 is 22.7 Å². The molecular formula is C24H28F3N3O2. The number of benzene rings is 2. The Hall–Kier alpha value is -2.58. The zero-order valence-corrected chi connectivity index (χ0v) is 17.8. The molecular weight excluding hydrogens is 419 g/mol. The van der Waals surface area contributed by atoms with E-state index in [0.717, 1.165) is 64.2 Å². The van der Waals surface area contributed by atoms with Crippen LogP contribution in [0.25, 0.3) is 0 Å². The van der Waals surface area contributed by atoms with Gasteiger partial charge in [-0.1, -0.05) is 18.2 Å². The van der Waals surface area contributed by atoms with E-state index >= 15 is 0 Å². The van der Waals surface area contributed by atoms with E-state index in [1.54, 1.807) is 30.3 Å². The molecule has 5 nitrogen and oxygen atoms in total. The maximum absolute atomic E-state index is 13.0. The highest BCUT2D eigenvalue weighted by Crippen LogP contribution is 2.32. The average molecular weight is 448 g/mol. The number of piperidine rings is 1. The molecule has 32 heavy (non-hydrogen) atoms. The molecule has 4 rings (SSSR count). The zero-order valence-electron chi connectivity index (χ0n) is 17.8. The summed E-state index contributed by atoms with van der Waals surface area (Å²) in [6.45, 7) is 4.61. The highest BCUT2D eigenvalue weighted by molar-refractivity contribution is 6.00.